The number of carbonyl (C=O) groups excluding carboxylic acids is 2. The number of rotatable bonds is 9. The Hall–Kier alpha value is -2.34. The van der Waals surface area contributed by atoms with E-state index in [4.69, 9.17) is 4.74 Å². The summed E-state index contributed by atoms with van der Waals surface area (Å²) in [6.45, 7) is 6.60. The standard InChI is InChI=1S/C22H27BrN2O3/c1-16(2)13-24-22(27)17(3)25(14-18-7-5-4-6-8-18)21(26)15-28-20-11-9-19(23)10-12-20/h4-12,16-17H,13-15H2,1-3H3,(H,24,27)/t17-/m1/s1. The molecule has 28 heavy (non-hydrogen) atoms. The molecule has 0 unspecified atom stereocenters. The van der Waals surface area contributed by atoms with E-state index in [1.807, 2.05) is 56.3 Å². The summed E-state index contributed by atoms with van der Waals surface area (Å²) < 4.78 is 6.56. The molecule has 1 N–H and O–H groups in total. The van der Waals surface area contributed by atoms with E-state index >= 15 is 0 Å². The van der Waals surface area contributed by atoms with Crippen LogP contribution in [-0.2, 0) is 16.1 Å². The first-order chi connectivity index (χ1) is 13.4. The van der Waals surface area contributed by atoms with Gasteiger partial charge in [-0.05, 0) is 42.7 Å². The van der Waals surface area contributed by atoms with Gasteiger partial charge in [-0.2, -0.15) is 0 Å². The second-order valence-corrected chi connectivity index (χ2v) is 7.98. The average molecular weight is 447 g/mol. The van der Waals surface area contributed by atoms with Gasteiger partial charge >= 0.3 is 0 Å². The molecule has 5 nitrogen and oxygen atoms in total. The SMILES string of the molecule is CC(C)CNC(=O)[C@@H](C)N(Cc1ccccc1)C(=O)COc1ccc(Br)cc1. The largest absolute Gasteiger partial charge is 0.484 e. The van der Waals surface area contributed by atoms with Crippen LogP contribution in [0.25, 0.3) is 0 Å². The van der Waals surface area contributed by atoms with Gasteiger partial charge in [-0.15, -0.1) is 0 Å². The minimum absolute atomic E-state index is 0.129. The molecule has 0 fully saturated rings. The van der Waals surface area contributed by atoms with Gasteiger partial charge in [-0.1, -0.05) is 60.1 Å². The van der Waals surface area contributed by atoms with E-state index < -0.39 is 6.04 Å². The Balaban J connectivity index is 2.08. The van der Waals surface area contributed by atoms with Gasteiger partial charge in [0.05, 0.1) is 0 Å². The summed E-state index contributed by atoms with van der Waals surface area (Å²) in [4.78, 5) is 27.0. The maximum Gasteiger partial charge on any atom is 0.261 e. The molecule has 0 radical (unpaired) electrons. The van der Waals surface area contributed by atoms with Gasteiger partial charge in [0.25, 0.3) is 5.91 Å². The molecule has 2 aromatic rings. The molecule has 0 saturated carbocycles. The van der Waals surface area contributed by atoms with E-state index in [0.717, 1.165) is 10.0 Å². The van der Waals surface area contributed by atoms with Crippen molar-refractivity contribution in [1.29, 1.82) is 0 Å². The molecule has 0 aliphatic carbocycles. The predicted molar refractivity (Wildman–Crippen MR) is 114 cm³/mol. The first kappa shape index (κ1) is 22.0. The molecule has 0 aromatic heterocycles. The highest BCUT2D eigenvalue weighted by atomic mass is 79.9. The van der Waals surface area contributed by atoms with Gasteiger partial charge in [0.2, 0.25) is 5.91 Å². The van der Waals surface area contributed by atoms with Crippen LogP contribution in [0.4, 0.5) is 0 Å². The van der Waals surface area contributed by atoms with Crippen LogP contribution in [0.2, 0.25) is 0 Å². The van der Waals surface area contributed by atoms with Gasteiger partial charge < -0.3 is 15.0 Å². The number of hydrogen-bond donors (Lipinski definition) is 1. The highest BCUT2D eigenvalue weighted by Gasteiger charge is 2.26. The molecule has 1 atom stereocenters. The van der Waals surface area contributed by atoms with Crippen LogP contribution in [0.3, 0.4) is 0 Å². The molecule has 0 saturated heterocycles. The number of carbonyl (C=O) groups is 2. The minimum atomic E-state index is -0.597. The van der Waals surface area contributed by atoms with Gasteiger partial charge in [-0.25, -0.2) is 0 Å². The van der Waals surface area contributed by atoms with Crippen molar-refractivity contribution in [3.05, 3.63) is 64.6 Å². The molecular weight excluding hydrogens is 420 g/mol. The van der Waals surface area contributed by atoms with Crippen molar-refractivity contribution in [3.8, 4) is 5.75 Å². The van der Waals surface area contributed by atoms with E-state index in [9.17, 15) is 9.59 Å². The monoisotopic (exact) mass is 446 g/mol. The highest BCUT2D eigenvalue weighted by molar-refractivity contribution is 9.10. The van der Waals surface area contributed by atoms with Crippen molar-refractivity contribution < 1.29 is 14.3 Å². The van der Waals surface area contributed by atoms with Crippen molar-refractivity contribution >= 4 is 27.7 Å². The van der Waals surface area contributed by atoms with E-state index in [2.05, 4.69) is 21.2 Å². The fourth-order valence-electron chi connectivity index (χ4n) is 2.57. The molecule has 6 heteroatoms. The first-order valence-electron chi connectivity index (χ1n) is 9.36. The second kappa shape index (κ2) is 10.9. The predicted octanol–water partition coefficient (Wildman–Crippen LogP) is 4.02. The molecule has 2 rings (SSSR count). The third kappa shape index (κ3) is 7.00. The number of nitrogens with zero attached hydrogens (tertiary/aromatic N) is 1. The molecule has 0 aliphatic heterocycles. The summed E-state index contributed by atoms with van der Waals surface area (Å²) in [6.07, 6.45) is 0. The van der Waals surface area contributed by atoms with E-state index in [-0.39, 0.29) is 18.4 Å². The van der Waals surface area contributed by atoms with Crippen molar-refractivity contribution in [2.45, 2.75) is 33.4 Å². The Labute approximate surface area is 175 Å². The zero-order chi connectivity index (χ0) is 20.5. The highest BCUT2D eigenvalue weighted by Crippen LogP contribution is 2.17. The summed E-state index contributed by atoms with van der Waals surface area (Å²) in [5.74, 6) is 0.545. The zero-order valence-electron chi connectivity index (χ0n) is 16.5. The summed E-state index contributed by atoms with van der Waals surface area (Å²) >= 11 is 3.37. The Morgan fingerprint density at radius 3 is 2.29 bits per heavy atom. The minimum Gasteiger partial charge on any atom is -0.484 e. The van der Waals surface area contributed by atoms with Crippen LogP contribution in [0, 0.1) is 5.92 Å². The molecule has 150 valence electrons. The molecule has 0 heterocycles. The van der Waals surface area contributed by atoms with Crippen LogP contribution in [0.15, 0.2) is 59.1 Å². The number of benzene rings is 2. The fourth-order valence-corrected chi connectivity index (χ4v) is 2.84. The van der Waals surface area contributed by atoms with E-state index in [0.29, 0.717) is 24.8 Å². The Bertz CT molecular complexity index is 763. The molecular formula is C22H27BrN2O3. The van der Waals surface area contributed by atoms with Crippen molar-refractivity contribution in [3.63, 3.8) is 0 Å². The van der Waals surface area contributed by atoms with Crippen LogP contribution in [0.5, 0.6) is 5.75 Å². The number of ether oxygens (including phenoxy) is 1. The molecule has 2 amide bonds. The van der Waals surface area contributed by atoms with Crippen molar-refractivity contribution in [1.82, 2.24) is 10.2 Å². The zero-order valence-corrected chi connectivity index (χ0v) is 18.1. The lowest BCUT2D eigenvalue weighted by Gasteiger charge is -2.29. The summed E-state index contributed by atoms with van der Waals surface area (Å²) in [6, 6.07) is 16.3. The Morgan fingerprint density at radius 2 is 1.68 bits per heavy atom. The van der Waals surface area contributed by atoms with Crippen molar-refractivity contribution in [2.75, 3.05) is 13.2 Å². The van der Waals surface area contributed by atoms with Crippen LogP contribution >= 0.6 is 15.9 Å². The molecule has 2 aromatic carbocycles. The molecule has 0 aliphatic rings. The lowest BCUT2D eigenvalue weighted by Crippen LogP contribution is -2.49. The number of halogens is 1. The third-order valence-corrected chi connectivity index (χ3v) is 4.75. The number of amides is 2. The van der Waals surface area contributed by atoms with Gasteiger partial charge in [0.15, 0.2) is 6.61 Å². The molecule has 0 spiro atoms. The summed E-state index contributed by atoms with van der Waals surface area (Å²) in [5, 5.41) is 2.90. The van der Waals surface area contributed by atoms with Gasteiger partial charge in [-0.3, -0.25) is 9.59 Å². The maximum absolute atomic E-state index is 12.9. The third-order valence-electron chi connectivity index (χ3n) is 4.22. The quantitative estimate of drug-likeness (QED) is 0.632. The van der Waals surface area contributed by atoms with Crippen LogP contribution in [-0.4, -0.2) is 35.9 Å². The second-order valence-electron chi connectivity index (χ2n) is 7.06. The van der Waals surface area contributed by atoms with Gasteiger partial charge in [0.1, 0.15) is 11.8 Å². The smallest absolute Gasteiger partial charge is 0.261 e. The van der Waals surface area contributed by atoms with Crippen molar-refractivity contribution in [2.24, 2.45) is 5.92 Å². The lowest BCUT2D eigenvalue weighted by atomic mass is 10.1. The average Bonchev–Trinajstić information content (AvgIpc) is 2.69. The lowest BCUT2D eigenvalue weighted by molar-refractivity contribution is -0.142. The van der Waals surface area contributed by atoms with Crippen LogP contribution < -0.4 is 10.1 Å². The Kier molecular flexibility index (Phi) is 8.51. The Morgan fingerprint density at radius 1 is 1.04 bits per heavy atom. The van der Waals surface area contributed by atoms with E-state index in [1.165, 1.54) is 0 Å². The normalized spacial score (nSPS) is 11.8. The summed E-state index contributed by atoms with van der Waals surface area (Å²) in [5.41, 5.74) is 0.961. The first-order valence-corrected chi connectivity index (χ1v) is 10.2. The fraction of sp³-hybridized carbons (Fsp3) is 0.364. The number of hydrogen-bond acceptors (Lipinski definition) is 3. The topological polar surface area (TPSA) is 58.6 Å². The van der Waals surface area contributed by atoms with E-state index in [1.54, 1.807) is 24.0 Å². The summed E-state index contributed by atoms with van der Waals surface area (Å²) in [7, 11) is 0. The van der Waals surface area contributed by atoms with Crippen LogP contribution in [0.1, 0.15) is 26.3 Å². The molecule has 0 bridgehead atoms. The number of nitrogens with one attached hydrogen (secondary N) is 1. The van der Waals surface area contributed by atoms with Gasteiger partial charge in [0, 0.05) is 17.6 Å². The maximum atomic E-state index is 12.9.